The minimum absolute atomic E-state index is 0.0439. The molecule has 0 saturated carbocycles. The van der Waals surface area contributed by atoms with Crippen LogP contribution in [-0.4, -0.2) is 53.5 Å². The lowest BCUT2D eigenvalue weighted by Crippen LogP contribution is -2.66. The van der Waals surface area contributed by atoms with E-state index < -0.39 is 41.0 Å². The van der Waals surface area contributed by atoms with Gasteiger partial charge in [-0.15, -0.1) is 0 Å². The number of nitrogens with one attached hydrogen (secondary N) is 1. The molecule has 2 atom stereocenters. The number of allylic oxidation sites excluding steroid dienone is 1. The zero-order valence-corrected chi connectivity index (χ0v) is 19.4. The Morgan fingerprint density at radius 3 is 2.24 bits per heavy atom. The maximum atomic E-state index is 14.6. The molecule has 0 radical (unpaired) electrons. The summed E-state index contributed by atoms with van der Waals surface area (Å²) in [6, 6.07) is 6.13. The number of hydrogen-bond donors (Lipinski definition) is 1. The lowest BCUT2D eigenvalue weighted by molar-refractivity contribution is -0.191. The Bertz CT molecular complexity index is 986. The van der Waals surface area contributed by atoms with E-state index in [2.05, 4.69) is 0 Å². The summed E-state index contributed by atoms with van der Waals surface area (Å²) in [6.07, 6.45) is -4.33. The number of ether oxygens (including phenoxy) is 1. The van der Waals surface area contributed by atoms with Gasteiger partial charge in [-0.1, -0.05) is 32.9 Å². The summed E-state index contributed by atoms with van der Waals surface area (Å²) in [4.78, 5) is 39.5. The Kier molecular flexibility index (Phi) is 6.50. The second kappa shape index (κ2) is 8.59. The van der Waals surface area contributed by atoms with E-state index in [0.29, 0.717) is 13.0 Å². The van der Waals surface area contributed by atoms with Gasteiger partial charge >= 0.3 is 6.18 Å². The van der Waals surface area contributed by atoms with Crippen molar-refractivity contribution in [3.8, 4) is 0 Å². The highest BCUT2D eigenvalue weighted by Crippen LogP contribution is 2.45. The Balaban J connectivity index is 2.02. The SMILES string of the molecule is CC(=O)C1=C(C)N(C[C@H]2CCCO2)C(=O)[C@@]1(NC(=O)c1ccc(C(C)(C)C)cc1)C(F)(F)F. The normalized spacial score (nSPS) is 23.9. The molecule has 1 fully saturated rings. The van der Waals surface area contributed by atoms with Crippen LogP contribution in [0.1, 0.15) is 63.4 Å². The quantitative estimate of drug-likeness (QED) is 0.714. The first-order valence-electron chi connectivity index (χ1n) is 10.9. The summed E-state index contributed by atoms with van der Waals surface area (Å²) in [5.41, 5.74) is -3.71. The predicted octanol–water partition coefficient (Wildman–Crippen LogP) is 3.90. The third kappa shape index (κ3) is 4.43. The topological polar surface area (TPSA) is 75.7 Å². The van der Waals surface area contributed by atoms with Crippen molar-refractivity contribution in [2.75, 3.05) is 13.2 Å². The first-order valence-corrected chi connectivity index (χ1v) is 10.9. The second-order valence-electron chi connectivity index (χ2n) is 9.60. The van der Waals surface area contributed by atoms with E-state index in [1.807, 2.05) is 26.1 Å². The molecule has 0 bridgehead atoms. The molecule has 33 heavy (non-hydrogen) atoms. The minimum Gasteiger partial charge on any atom is -0.376 e. The van der Waals surface area contributed by atoms with Gasteiger partial charge in [-0.2, -0.15) is 13.2 Å². The number of nitrogens with zero attached hydrogens (tertiary/aromatic N) is 1. The van der Waals surface area contributed by atoms with Crippen LogP contribution < -0.4 is 5.32 Å². The van der Waals surface area contributed by atoms with Crippen LogP contribution in [0.5, 0.6) is 0 Å². The molecule has 2 aliphatic heterocycles. The molecule has 3 rings (SSSR count). The van der Waals surface area contributed by atoms with E-state index in [-0.39, 0.29) is 23.2 Å². The summed E-state index contributed by atoms with van der Waals surface area (Å²) in [5, 5.41) is 1.90. The van der Waals surface area contributed by atoms with E-state index in [4.69, 9.17) is 4.74 Å². The summed E-state index contributed by atoms with van der Waals surface area (Å²) >= 11 is 0. The molecule has 2 aliphatic rings. The van der Waals surface area contributed by atoms with Crippen LogP contribution in [0.2, 0.25) is 0 Å². The smallest absolute Gasteiger partial charge is 0.376 e. The van der Waals surface area contributed by atoms with Crippen LogP contribution in [0.15, 0.2) is 35.5 Å². The molecule has 2 heterocycles. The highest BCUT2D eigenvalue weighted by Gasteiger charge is 2.70. The Morgan fingerprint density at radius 2 is 1.79 bits per heavy atom. The van der Waals surface area contributed by atoms with Crippen molar-refractivity contribution in [1.29, 1.82) is 0 Å². The van der Waals surface area contributed by atoms with Crippen LogP contribution in [0.25, 0.3) is 0 Å². The van der Waals surface area contributed by atoms with Gasteiger partial charge in [0.1, 0.15) is 0 Å². The number of carbonyl (C=O) groups excluding carboxylic acids is 3. The molecular weight excluding hydrogens is 437 g/mol. The molecule has 0 spiro atoms. The third-order valence-electron chi connectivity index (χ3n) is 6.21. The highest BCUT2D eigenvalue weighted by atomic mass is 19.4. The average Bonchev–Trinajstić information content (AvgIpc) is 3.28. The largest absolute Gasteiger partial charge is 0.425 e. The molecular formula is C24H29F3N2O4. The van der Waals surface area contributed by atoms with Gasteiger partial charge < -0.3 is 15.0 Å². The number of rotatable bonds is 5. The number of amides is 2. The van der Waals surface area contributed by atoms with Crippen molar-refractivity contribution in [2.24, 2.45) is 0 Å². The zero-order chi connectivity index (χ0) is 24.8. The number of Topliss-reactive ketones (excluding diaryl/α,β-unsaturated/α-hetero) is 1. The number of ketones is 1. The first-order chi connectivity index (χ1) is 15.2. The number of hydrogen-bond acceptors (Lipinski definition) is 4. The van der Waals surface area contributed by atoms with E-state index in [1.165, 1.54) is 19.1 Å². The summed E-state index contributed by atoms with van der Waals surface area (Å²) in [5.74, 6) is -3.42. The molecule has 2 amide bonds. The van der Waals surface area contributed by atoms with E-state index in [0.717, 1.165) is 23.8 Å². The molecule has 0 aromatic heterocycles. The van der Waals surface area contributed by atoms with Gasteiger partial charge in [-0.05, 0) is 49.8 Å². The van der Waals surface area contributed by atoms with Crippen LogP contribution >= 0.6 is 0 Å². The number of benzene rings is 1. The Labute approximate surface area is 191 Å². The van der Waals surface area contributed by atoms with Gasteiger partial charge in [-0.3, -0.25) is 14.4 Å². The van der Waals surface area contributed by atoms with E-state index in [9.17, 15) is 27.6 Å². The van der Waals surface area contributed by atoms with Gasteiger partial charge in [0, 0.05) is 17.9 Å². The van der Waals surface area contributed by atoms with Crippen LogP contribution in [0.4, 0.5) is 13.2 Å². The fourth-order valence-corrected chi connectivity index (χ4v) is 4.41. The Hall–Kier alpha value is -2.68. The molecule has 9 heteroatoms. The predicted molar refractivity (Wildman–Crippen MR) is 115 cm³/mol. The lowest BCUT2D eigenvalue weighted by Gasteiger charge is -2.33. The van der Waals surface area contributed by atoms with Gasteiger partial charge in [0.2, 0.25) is 5.54 Å². The molecule has 1 saturated heterocycles. The molecule has 180 valence electrons. The van der Waals surface area contributed by atoms with Crippen molar-refractivity contribution in [2.45, 2.75) is 70.7 Å². The van der Waals surface area contributed by atoms with Gasteiger partial charge in [0.25, 0.3) is 11.8 Å². The summed E-state index contributed by atoms with van der Waals surface area (Å²) < 4.78 is 49.1. The molecule has 0 unspecified atom stereocenters. The van der Waals surface area contributed by atoms with Crippen molar-refractivity contribution < 1.29 is 32.3 Å². The van der Waals surface area contributed by atoms with Crippen LogP contribution in [-0.2, 0) is 19.7 Å². The molecule has 1 aromatic rings. The summed E-state index contributed by atoms with van der Waals surface area (Å²) in [6.45, 7) is 8.50. The lowest BCUT2D eigenvalue weighted by atomic mass is 9.85. The van der Waals surface area contributed by atoms with Gasteiger partial charge in [0.05, 0.1) is 18.2 Å². The second-order valence-corrected chi connectivity index (χ2v) is 9.60. The zero-order valence-electron chi connectivity index (χ0n) is 19.4. The van der Waals surface area contributed by atoms with Crippen molar-refractivity contribution in [3.05, 3.63) is 46.7 Å². The number of carbonyl (C=O) groups is 3. The molecule has 1 aromatic carbocycles. The van der Waals surface area contributed by atoms with Gasteiger partial charge in [-0.25, -0.2) is 0 Å². The van der Waals surface area contributed by atoms with E-state index in [1.54, 1.807) is 12.1 Å². The highest BCUT2D eigenvalue weighted by molar-refractivity contribution is 6.13. The van der Waals surface area contributed by atoms with Crippen molar-refractivity contribution in [3.63, 3.8) is 0 Å². The monoisotopic (exact) mass is 466 g/mol. The first kappa shape index (κ1) is 25.0. The molecule has 0 aliphatic carbocycles. The summed E-state index contributed by atoms with van der Waals surface area (Å²) in [7, 11) is 0. The van der Waals surface area contributed by atoms with Gasteiger partial charge in [0.15, 0.2) is 5.78 Å². The van der Waals surface area contributed by atoms with Crippen LogP contribution in [0, 0.1) is 0 Å². The fraction of sp³-hybridized carbons (Fsp3) is 0.542. The maximum absolute atomic E-state index is 14.6. The third-order valence-corrected chi connectivity index (χ3v) is 6.21. The average molecular weight is 467 g/mol. The standard InChI is InChI=1S/C24H29F3N2O4/c1-14-19(15(2)30)23(24(25,26)27,21(32)29(14)13-18-7-6-12-33-18)28-20(31)16-8-10-17(11-9-16)22(3,4)5/h8-11,18H,6-7,12-13H2,1-5H3,(H,28,31)/t18-,23-/m1/s1. The number of halogens is 3. The fourth-order valence-electron chi connectivity index (χ4n) is 4.41. The molecule has 1 N–H and O–H groups in total. The van der Waals surface area contributed by atoms with Crippen molar-refractivity contribution in [1.82, 2.24) is 10.2 Å². The van der Waals surface area contributed by atoms with Crippen molar-refractivity contribution >= 4 is 17.6 Å². The minimum atomic E-state index is -5.24. The van der Waals surface area contributed by atoms with E-state index >= 15 is 0 Å². The van der Waals surface area contributed by atoms with Crippen LogP contribution in [0.3, 0.4) is 0 Å². The number of alkyl halides is 3. The maximum Gasteiger partial charge on any atom is 0.425 e. The Morgan fingerprint density at radius 1 is 1.18 bits per heavy atom. The molecule has 6 nitrogen and oxygen atoms in total.